The van der Waals surface area contributed by atoms with Crippen LogP contribution in [0.5, 0.6) is 0 Å². The summed E-state index contributed by atoms with van der Waals surface area (Å²) in [5, 5.41) is 0. The number of nitrogens with zero attached hydrogens (tertiary/aromatic N) is 1. The Balaban J connectivity index is 1.69. The zero-order valence-corrected chi connectivity index (χ0v) is 11.8. The molecule has 2 aliphatic heterocycles. The summed E-state index contributed by atoms with van der Waals surface area (Å²) in [4.78, 5) is 25.1. The molecule has 2 fully saturated rings. The first-order valence-corrected chi connectivity index (χ1v) is 7.71. The molecular weight excluding hydrogens is 239 g/mol. The molecule has 2 N–H and O–H groups in total. The van der Waals surface area contributed by atoms with Gasteiger partial charge in [-0.05, 0) is 25.2 Å². The van der Waals surface area contributed by atoms with Crippen LogP contribution in [0.4, 0.5) is 0 Å². The van der Waals surface area contributed by atoms with Gasteiger partial charge in [0.1, 0.15) is 0 Å². The number of carbonyl (C=O) groups excluding carboxylic acids is 2. The van der Waals surface area contributed by atoms with Crippen LogP contribution in [0.1, 0.15) is 38.5 Å². The Kier molecular flexibility index (Phi) is 5.29. The summed E-state index contributed by atoms with van der Waals surface area (Å²) in [5.41, 5.74) is 5.24. The maximum Gasteiger partial charge on any atom is 0.222 e. The fraction of sp³-hybridized carbons (Fsp3) is 0.857. The molecule has 0 saturated carbocycles. The molecule has 106 valence electrons. The normalized spacial score (nSPS) is 21.5. The highest BCUT2D eigenvalue weighted by atomic mass is 16.2. The van der Waals surface area contributed by atoms with Gasteiger partial charge in [0.2, 0.25) is 11.8 Å². The zero-order chi connectivity index (χ0) is 13.7. The molecule has 0 aromatic heterocycles. The summed E-state index contributed by atoms with van der Waals surface area (Å²) < 4.78 is 0. The fourth-order valence-electron chi connectivity index (χ4n) is 3.44. The van der Waals surface area contributed by atoms with Gasteiger partial charge in [-0.25, -0.2) is 0 Å². The molecule has 19 heavy (non-hydrogen) atoms. The number of hydrogen-bond donors (Lipinski definition) is 1. The molecule has 2 saturated heterocycles. The van der Waals surface area contributed by atoms with E-state index < -0.39 is 0 Å². The van der Waals surface area contributed by atoms with Gasteiger partial charge in [-0.3, -0.25) is 9.59 Å². The van der Waals surface area contributed by atoms with E-state index in [1.165, 1.54) is 6.42 Å². The second-order valence-electron chi connectivity index (χ2n) is 6.20. The van der Waals surface area contributed by atoms with E-state index in [1.807, 2.05) is 4.90 Å². The molecule has 2 rings (SSSR count). The third kappa shape index (κ3) is 4.55. The smallest absolute Gasteiger partial charge is 0.222 e. The van der Waals surface area contributed by atoms with E-state index >= 15 is 0 Å². The van der Waals surface area contributed by atoms with Crippen LogP contribution in [0.15, 0.2) is 0 Å². The SMILES string of the molecule is NC(=O)CB1CCC(CC(=O)N2CCCCC2)CC1. The van der Waals surface area contributed by atoms with Gasteiger partial charge in [0.05, 0.1) is 0 Å². The standard InChI is InChI=1S/C14H25BN2O2/c16-13(18)11-15-6-4-12(5-7-15)10-14(19)17-8-2-1-3-9-17/h12H,1-11H2,(H2,16,18). The van der Waals surface area contributed by atoms with Crippen LogP contribution in [0.3, 0.4) is 0 Å². The molecule has 0 aromatic carbocycles. The number of rotatable bonds is 4. The Hall–Kier alpha value is -0.995. The van der Waals surface area contributed by atoms with E-state index in [4.69, 9.17) is 5.73 Å². The van der Waals surface area contributed by atoms with E-state index in [2.05, 4.69) is 0 Å². The minimum Gasteiger partial charge on any atom is -0.370 e. The van der Waals surface area contributed by atoms with Crippen molar-refractivity contribution in [1.82, 2.24) is 4.90 Å². The molecule has 5 heteroatoms. The van der Waals surface area contributed by atoms with Crippen LogP contribution in [-0.2, 0) is 9.59 Å². The summed E-state index contributed by atoms with van der Waals surface area (Å²) in [6.45, 7) is 2.37. The topological polar surface area (TPSA) is 63.4 Å². The van der Waals surface area contributed by atoms with Crippen LogP contribution in [-0.4, -0.2) is 36.5 Å². The third-order valence-corrected chi connectivity index (χ3v) is 4.63. The molecule has 0 aromatic rings. The van der Waals surface area contributed by atoms with Gasteiger partial charge in [0.15, 0.2) is 6.71 Å². The molecule has 4 nitrogen and oxygen atoms in total. The van der Waals surface area contributed by atoms with Crippen molar-refractivity contribution in [2.75, 3.05) is 13.1 Å². The van der Waals surface area contributed by atoms with Crippen molar-refractivity contribution >= 4 is 18.5 Å². The molecule has 0 unspecified atom stereocenters. The van der Waals surface area contributed by atoms with Gasteiger partial charge in [-0.2, -0.15) is 0 Å². The molecule has 2 aliphatic rings. The van der Waals surface area contributed by atoms with Crippen molar-refractivity contribution in [1.29, 1.82) is 0 Å². The van der Waals surface area contributed by atoms with Gasteiger partial charge in [-0.15, -0.1) is 0 Å². The fourth-order valence-corrected chi connectivity index (χ4v) is 3.44. The first-order chi connectivity index (χ1) is 9.15. The highest BCUT2D eigenvalue weighted by molar-refractivity contribution is 6.62. The Morgan fingerprint density at radius 1 is 1.11 bits per heavy atom. The highest BCUT2D eigenvalue weighted by Crippen LogP contribution is 2.30. The van der Waals surface area contributed by atoms with Crippen LogP contribution in [0.25, 0.3) is 0 Å². The molecule has 0 spiro atoms. The van der Waals surface area contributed by atoms with Crippen molar-refractivity contribution in [3.8, 4) is 0 Å². The largest absolute Gasteiger partial charge is 0.370 e. The number of nitrogens with two attached hydrogens (primary N) is 1. The molecule has 2 amide bonds. The van der Waals surface area contributed by atoms with Crippen molar-refractivity contribution in [3.05, 3.63) is 0 Å². The van der Waals surface area contributed by atoms with Crippen molar-refractivity contribution < 1.29 is 9.59 Å². The molecule has 0 bridgehead atoms. The Morgan fingerprint density at radius 3 is 2.32 bits per heavy atom. The van der Waals surface area contributed by atoms with Crippen molar-refractivity contribution in [2.24, 2.45) is 11.7 Å². The third-order valence-electron chi connectivity index (χ3n) is 4.63. The quantitative estimate of drug-likeness (QED) is 0.786. The van der Waals surface area contributed by atoms with E-state index in [0.29, 0.717) is 31.3 Å². The molecule has 0 radical (unpaired) electrons. The van der Waals surface area contributed by atoms with Gasteiger partial charge in [0.25, 0.3) is 0 Å². The number of amides is 2. The Bertz CT molecular complexity index is 321. The number of primary amides is 1. The number of likely N-dealkylation sites (tertiary alicyclic amines) is 1. The molecular formula is C14H25BN2O2. The molecule has 2 heterocycles. The van der Waals surface area contributed by atoms with E-state index in [-0.39, 0.29) is 5.91 Å². The lowest BCUT2D eigenvalue weighted by Gasteiger charge is -2.30. The van der Waals surface area contributed by atoms with Gasteiger partial charge in [-0.1, -0.05) is 25.5 Å². The minimum absolute atomic E-state index is 0.187. The highest BCUT2D eigenvalue weighted by Gasteiger charge is 2.27. The van der Waals surface area contributed by atoms with Gasteiger partial charge >= 0.3 is 0 Å². The monoisotopic (exact) mass is 264 g/mol. The van der Waals surface area contributed by atoms with Crippen LogP contribution < -0.4 is 5.73 Å². The van der Waals surface area contributed by atoms with Crippen molar-refractivity contribution in [2.45, 2.75) is 57.5 Å². The van der Waals surface area contributed by atoms with Gasteiger partial charge in [0, 0.05) is 25.8 Å². The number of hydrogen-bond acceptors (Lipinski definition) is 2. The second-order valence-corrected chi connectivity index (χ2v) is 6.20. The predicted octanol–water partition coefficient (Wildman–Crippen LogP) is 1.78. The Morgan fingerprint density at radius 2 is 1.74 bits per heavy atom. The van der Waals surface area contributed by atoms with Crippen LogP contribution in [0, 0.1) is 5.92 Å². The zero-order valence-electron chi connectivity index (χ0n) is 11.8. The first-order valence-electron chi connectivity index (χ1n) is 7.71. The summed E-state index contributed by atoms with van der Waals surface area (Å²) >= 11 is 0. The summed E-state index contributed by atoms with van der Waals surface area (Å²) in [6, 6.07) is 0. The maximum atomic E-state index is 12.2. The minimum atomic E-state index is -0.187. The number of piperidine rings is 1. The second kappa shape index (κ2) is 6.97. The average molecular weight is 264 g/mol. The number of carbonyl (C=O) groups is 2. The lowest BCUT2D eigenvalue weighted by molar-refractivity contribution is -0.133. The molecule has 0 atom stereocenters. The van der Waals surface area contributed by atoms with E-state index in [9.17, 15) is 9.59 Å². The lowest BCUT2D eigenvalue weighted by atomic mass is 9.38. The summed E-state index contributed by atoms with van der Waals surface area (Å²) in [7, 11) is 0. The van der Waals surface area contributed by atoms with E-state index in [0.717, 1.165) is 51.4 Å². The maximum absolute atomic E-state index is 12.2. The first kappa shape index (κ1) is 14.4. The average Bonchev–Trinajstić information content (AvgIpc) is 2.41. The Labute approximate surface area is 116 Å². The van der Waals surface area contributed by atoms with E-state index in [1.54, 1.807) is 0 Å². The lowest BCUT2D eigenvalue weighted by Crippen LogP contribution is -2.37. The summed E-state index contributed by atoms with van der Waals surface area (Å²) in [6.07, 6.45) is 9.10. The van der Waals surface area contributed by atoms with Crippen LogP contribution in [0.2, 0.25) is 19.0 Å². The van der Waals surface area contributed by atoms with Gasteiger partial charge < -0.3 is 10.6 Å². The summed E-state index contributed by atoms with van der Waals surface area (Å²) in [5.74, 6) is 0.685. The van der Waals surface area contributed by atoms with Crippen LogP contribution >= 0.6 is 0 Å². The van der Waals surface area contributed by atoms with Crippen molar-refractivity contribution in [3.63, 3.8) is 0 Å². The molecule has 0 aliphatic carbocycles. The predicted molar refractivity (Wildman–Crippen MR) is 77.1 cm³/mol.